The van der Waals surface area contributed by atoms with Gasteiger partial charge < -0.3 is 24.8 Å². The van der Waals surface area contributed by atoms with Gasteiger partial charge in [-0.2, -0.15) is 0 Å². The molecule has 2 aliphatic heterocycles. The number of hydrogen-bond acceptors (Lipinski definition) is 5. The molecule has 1 atom stereocenters. The highest BCUT2D eigenvalue weighted by atomic mass is 79.9. The van der Waals surface area contributed by atoms with Gasteiger partial charge in [-0.25, -0.2) is 0 Å². The van der Waals surface area contributed by atoms with Crippen LogP contribution in [0, 0.1) is 0 Å². The molecule has 33 heavy (non-hydrogen) atoms. The van der Waals surface area contributed by atoms with Gasteiger partial charge >= 0.3 is 0 Å². The number of carbonyl (C=O) groups is 3. The molecule has 3 amide bonds. The standard InChI is InChI=1S/C24H27BrN4O4/c1-33-20-8-6-19(7-9-20)27-12-14-28(15-13-27)22(30)16-21-23(31)26-10-11-29(21)24(32)17-2-4-18(25)5-3-17/h2-9,21H,10-16H2,1H3,(H,26,31). The summed E-state index contributed by atoms with van der Waals surface area (Å²) in [5.74, 6) is 0.178. The number of carbonyl (C=O) groups excluding carboxylic acids is 3. The Bertz CT molecular complexity index is 1000. The second-order valence-corrected chi connectivity index (χ2v) is 9.00. The smallest absolute Gasteiger partial charge is 0.254 e. The van der Waals surface area contributed by atoms with Crippen LogP contribution in [-0.2, 0) is 9.59 Å². The second-order valence-electron chi connectivity index (χ2n) is 8.08. The molecular weight excluding hydrogens is 488 g/mol. The van der Waals surface area contributed by atoms with E-state index < -0.39 is 6.04 Å². The number of rotatable bonds is 5. The fourth-order valence-electron chi connectivity index (χ4n) is 4.22. The normalized spacial score (nSPS) is 18.7. The number of methoxy groups -OCH3 is 1. The molecule has 0 aromatic heterocycles. The molecule has 2 aliphatic rings. The first-order valence-electron chi connectivity index (χ1n) is 11.0. The van der Waals surface area contributed by atoms with Crippen LogP contribution in [-0.4, -0.2) is 79.9 Å². The van der Waals surface area contributed by atoms with Crippen molar-refractivity contribution in [1.29, 1.82) is 0 Å². The highest BCUT2D eigenvalue weighted by molar-refractivity contribution is 9.10. The quantitative estimate of drug-likeness (QED) is 0.660. The Balaban J connectivity index is 1.38. The predicted octanol–water partition coefficient (Wildman–Crippen LogP) is 2.14. The van der Waals surface area contributed by atoms with Gasteiger partial charge in [-0.1, -0.05) is 15.9 Å². The Morgan fingerprint density at radius 3 is 2.30 bits per heavy atom. The third kappa shape index (κ3) is 5.30. The molecule has 1 unspecified atom stereocenters. The van der Waals surface area contributed by atoms with Crippen molar-refractivity contribution >= 4 is 39.3 Å². The molecule has 2 aromatic carbocycles. The number of piperazine rings is 2. The van der Waals surface area contributed by atoms with E-state index in [0.29, 0.717) is 44.8 Å². The maximum absolute atomic E-state index is 13.1. The van der Waals surface area contributed by atoms with Crippen LogP contribution in [0.3, 0.4) is 0 Å². The molecule has 2 saturated heterocycles. The van der Waals surface area contributed by atoms with E-state index >= 15 is 0 Å². The van der Waals surface area contributed by atoms with E-state index in [1.165, 1.54) is 4.90 Å². The number of anilines is 1. The molecule has 9 heteroatoms. The Morgan fingerprint density at radius 1 is 1.00 bits per heavy atom. The Hall–Kier alpha value is -3.07. The number of hydrogen-bond donors (Lipinski definition) is 1. The van der Waals surface area contributed by atoms with Crippen molar-refractivity contribution in [1.82, 2.24) is 15.1 Å². The van der Waals surface area contributed by atoms with E-state index in [1.54, 1.807) is 36.3 Å². The lowest BCUT2D eigenvalue weighted by atomic mass is 10.1. The molecule has 0 bridgehead atoms. The molecule has 2 heterocycles. The maximum atomic E-state index is 13.1. The van der Waals surface area contributed by atoms with E-state index in [9.17, 15) is 14.4 Å². The lowest BCUT2D eigenvalue weighted by Gasteiger charge is -2.39. The van der Waals surface area contributed by atoms with Gasteiger partial charge in [-0.3, -0.25) is 14.4 Å². The van der Waals surface area contributed by atoms with Crippen LogP contribution >= 0.6 is 15.9 Å². The van der Waals surface area contributed by atoms with E-state index in [1.807, 2.05) is 24.3 Å². The van der Waals surface area contributed by atoms with Gasteiger partial charge in [0.1, 0.15) is 11.8 Å². The topological polar surface area (TPSA) is 82.2 Å². The summed E-state index contributed by atoms with van der Waals surface area (Å²) in [6, 6.07) is 14.1. The summed E-state index contributed by atoms with van der Waals surface area (Å²) in [4.78, 5) is 44.2. The maximum Gasteiger partial charge on any atom is 0.254 e. The Morgan fingerprint density at radius 2 is 1.67 bits per heavy atom. The predicted molar refractivity (Wildman–Crippen MR) is 128 cm³/mol. The average Bonchev–Trinajstić information content (AvgIpc) is 2.85. The van der Waals surface area contributed by atoms with E-state index in [-0.39, 0.29) is 24.1 Å². The minimum absolute atomic E-state index is 0.0172. The first-order valence-corrected chi connectivity index (χ1v) is 11.8. The van der Waals surface area contributed by atoms with Crippen LogP contribution in [0.4, 0.5) is 5.69 Å². The molecule has 0 saturated carbocycles. The largest absolute Gasteiger partial charge is 0.497 e. The number of ether oxygens (including phenoxy) is 1. The fourth-order valence-corrected chi connectivity index (χ4v) is 4.48. The van der Waals surface area contributed by atoms with E-state index in [4.69, 9.17) is 4.74 Å². The van der Waals surface area contributed by atoms with Gasteiger partial charge in [-0.05, 0) is 48.5 Å². The highest BCUT2D eigenvalue weighted by Gasteiger charge is 2.36. The summed E-state index contributed by atoms with van der Waals surface area (Å²) in [7, 11) is 1.64. The molecule has 2 aromatic rings. The van der Waals surface area contributed by atoms with Crippen molar-refractivity contribution in [3.05, 3.63) is 58.6 Å². The molecule has 0 spiro atoms. The number of nitrogens with one attached hydrogen (secondary N) is 1. The van der Waals surface area contributed by atoms with Gasteiger partial charge in [0.2, 0.25) is 11.8 Å². The first kappa shape index (κ1) is 23.1. The summed E-state index contributed by atoms with van der Waals surface area (Å²) in [6.45, 7) is 3.31. The first-order chi connectivity index (χ1) is 16.0. The van der Waals surface area contributed by atoms with Crippen LogP contribution in [0.1, 0.15) is 16.8 Å². The number of nitrogens with zero attached hydrogens (tertiary/aromatic N) is 3. The van der Waals surface area contributed by atoms with Crippen LogP contribution in [0.2, 0.25) is 0 Å². The molecule has 1 N–H and O–H groups in total. The second kappa shape index (κ2) is 10.2. The van der Waals surface area contributed by atoms with E-state index in [0.717, 1.165) is 15.9 Å². The Kier molecular flexibility index (Phi) is 7.17. The van der Waals surface area contributed by atoms with E-state index in [2.05, 4.69) is 26.1 Å². The molecule has 0 aliphatic carbocycles. The third-order valence-corrected chi connectivity index (χ3v) is 6.65. The zero-order valence-corrected chi connectivity index (χ0v) is 20.1. The van der Waals surface area contributed by atoms with Crippen LogP contribution in [0.25, 0.3) is 0 Å². The molecule has 4 rings (SSSR count). The molecule has 8 nitrogen and oxygen atoms in total. The van der Waals surface area contributed by atoms with Gasteiger partial charge in [0.15, 0.2) is 0 Å². The molecule has 2 fully saturated rings. The monoisotopic (exact) mass is 514 g/mol. The number of amides is 3. The van der Waals surface area contributed by atoms with Crippen molar-refractivity contribution in [2.45, 2.75) is 12.5 Å². The molecule has 0 radical (unpaired) electrons. The summed E-state index contributed by atoms with van der Waals surface area (Å²) in [5, 5.41) is 2.79. The summed E-state index contributed by atoms with van der Waals surface area (Å²) in [5.41, 5.74) is 1.58. The van der Waals surface area contributed by atoms with Crippen molar-refractivity contribution in [3.8, 4) is 5.75 Å². The SMILES string of the molecule is COc1ccc(N2CCN(C(=O)CC3C(=O)NCCN3C(=O)c3ccc(Br)cc3)CC2)cc1. The van der Waals surface area contributed by atoms with Crippen LogP contribution in [0.15, 0.2) is 53.0 Å². The lowest BCUT2D eigenvalue weighted by Crippen LogP contribution is -2.59. The summed E-state index contributed by atoms with van der Waals surface area (Å²) < 4.78 is 6.08. The van der Waals surface area contributed by atoms with Crippen molar-refractivity contribution in [2.75, 3.05) is 51.3 Å². The van der Waals surface area contributed by atoms with Gasteiger partial charge in [0.25, 0.3) is 5.91 Å². The summed E-state index contributed by atoms with van der Waals surface area (Å²) in [6.07, 6.45) is -0.0172. The fraction of sp³-hybridized carbons (Fsp3) is 0.375. The Labute approximate surface area is 201 Å². The summed E-state index contributed by atoms with van der Waals surface area (Å²) >= 11 is 3.37. The third-order valence-electron chi connectivity index (χ3n) is 6.12. The zero-order chi connectivity index (χ0) is 23.4. The average molecular weight is 515 g/mol. The van der Waals surface area contributed by atoms with Crippen molar-refractivity contribution < 1.29 is 19.1 Å². The minimum atomic E-state index is -0.804. The number of benzene rings is 2. The molecule has 174 valence electrons. The van der Waals surface area contributed by atoms with Gasteiger partial charge in [0.05, 0.1) is 13.5 Å². The van der Waals surface area contributed by atoms with Gasteiger partial charge in [-0.15, -0.1) is 0 Å². The van der Waals surface area contributed by atoms with Crippen molar-refractivity contribution in [3.63, 3.8) is 0 Å². The number of halogens is 1. The van der Waals surface area contributed by atoms with Crippen LogP contribution in [0.5, 0.6) is 5.75 Å². The minimum Gasteiger partial charge on any atom is -0.497 e. The zero-order valence-electron chi connectivity index (χ0n) is 18.5. The van der Waals surface area contributed by atoms with Crippen molar-refractivity contribution in [2.24, 2.45) is 0 Å². The van der Waals surface area contributed by atoms with Crippen LogP contribution < -0.4 is 15.0 Å². The van der Waals surface area contributed by atoms with Gasteiger partial charge in [0, 0.05) is 55.0 Å². The molecular formula is C24H27BrN4O4. The highest BCUT2D eigenvalue weighted by Crippen LogP contribution is 2.22. The lowest BCUT2D eigenvalue weighted by molar-refractivity contribution is -0.138.